The Bertz CT molecular complexity index is 1240. The Morgan fingerprint density at radius 1 is 1.13 bits per heavy atom. The Balaban J connectivity index is 1.67. The molecule has 3 unspecified atom stereocenters. The lowest BCUT2D eigenvalue weighted by Gasteiger charge is -2.41. The van der Waals surface area contributed by atoms with E-state index in [2.05, 4.69) is 18.2 Å². The molecule has 3 N–H and O–H groups in total. The topological polar surface area (TPSA) is 92.2 Å². The zero-order valence-electron chi connectivity index (χ0n) is 17.2. The third kappa shape index (κ3) is 2.09. The number of rotatable bonds is 2. The summed E-state index contributed by atoms with van der Waals surface area (Å²) < 4.78 is 6.80. The number of benzene rings is 2. The first-order valence-electron chi connectivity index (χ1n) is 10.7. The van der Waals surface area contributed by atoms with Crippen molar-refractivity contribution in [3.8, 4) is 11.8 Å². The van der Waals surface area contributed by atoms with Crippen molar-refractivity contribution in [1.29, 1.82) is 5.26 Å². The van der Waals surface area contributed by atoms with Crippen LogP contribution >= 0.6 is 0 Å². The maximum absolute atomic E-state index is 12.7. The Morgan fingerprint density at radius 3 is 2.48 bits per heavy atom. The normalized spacial score (nSPS) is 34.6. The van der Waals surface area contributed by atoms with Crippen molar-refractivity contribution in [1.82, 2.24) is 4.98 Å². The molecular weight excluding hydrogens is 386 g/mol. The van der Waals surface area contributed by atoms with E-state index < -0.39 is 16.6 Å². The SMILES string of the molecule is Cc1cnc2c(c1)OC1(c3ccc(C#N)cc3)[C@H](c3ccccc3)CC3(CC3N)[C@@]21O. The van der Waals surface area contributed by atoms with Crippen LogP contribution in [0.1, 0.15) is 46.7 Å². The lowest BCUT2D eigenvalue weighted by molar-refractivity contribution is -0.137. The third-order valence-electron chi connectivity index (χ3n) is 7.70. The average molecular weight is 409 g/mol. The first-order chi connectivity index (χ1) is 15.0. The quantitative estimate of drug-likeness (QED) is 0.674. The number of fused-ring (bicyclic) bond motifs is 4. The molecule has 3 aliphatic rings. The van der Waals surface area contributed by atoms with Gasteiger partial charge in [0, 0.05) is 23.6 Å². The van der Waals surface area contributed by atoms with Gasteiger partial charge in [-0.15, -0.1) is 0 Å². The monoisotopic (exact) mass is 409 g/mol. The molecule has 5 nitrogen and oxygen atoms in total. The molecule has 2 saturated carbocycles. The minimum absolute atomic E-state index is 0.116. The molecule has 2 fully saturated rings. The van der Waals surface area contributed by atoms with E-state index in [0.29, 0.717) is 23.4 Å². The number of aliphatic hydroxyl groups is 1. The molecule has 1 spiro atoms. The Hall–Kier alpha value is -3.20. The van der Waals surface area contributed by atoms with E-state index in [1.165, 1.54) is 0 Å². The molecule has 154 valence electrons. The second-order valence-corrected chi connectivity index (χ2v) is 9.23. The van der Waals surface area contributed by atoms with Crippen LogP contribution in [0.5, 0.6) is 5.75 Å². The zero-order chi connectivity index (χ0) is 21.4. The molecule has 0 saturated heterocycles. The number of hydrogen-bond acceptors (Lipinski definition) is 5. The van der Waals surface area contributed by atoms with Crippen molar-refractivity contribution in [3.05, 3.63) is 94.8 Å². The second-order valence-electron chi connectivity index (χ2n) is 9.23. The van der Waals surface area contributed by atoms with E-state index in [-0.39, 0.29) is 12.0 Å². The van der Waals surface area contributed by atoms with Gasteiger partial charge in [0.05, 0.1) is 11.6 Å². The largest absolute Gasteiger partial charge is 0.476 e. The number of nitriles is 1. The summed E-state index contributed by atoms with van der Waals surface area (Å²) in [5.41, 5.74) is 7.66. The molecular formula is C26H23N3O2. The van der Waals surface area contributed by atoms with Crippen LogP contribution in [0.2, 0.25) is 0 Å². The molecule has 2 aliphatic carbocycles. The van der Waals surface area contributed by atoms with Gasteiger partial charge >= 0.3 is 0 Å². The van der Waals surface area contributed by atoms with Gasteiger partial charge in [-0.25, -0.2) is 0 Å². The second kappa shape index (κ2) is 5.94. The van der Waals surface area contributed by atoms with Gasteiger partial charge in [-0.2, -0.15) is 5.26 Å². The number of nitrogens with zero attached hydrogens (tertiary/aromatic N) is 2. The molecule has 3 aromatic rings. The van der Waals surface area contributed by atoms with Crippen molar-refractivity contribution in [2.24, 2.45) is 11.1 Å². The van der Waals surface area contributed by atoms with Crippen LogP contribution in [0.25, 0.3) is 0 Å². The third-order valence-corrected chi connectivity index (χ3v) is 7.70. The molecule has 2 heterocycles. The maximum atomic E-state index is 12.7. The summed E-state index contributed by atoms with van der Waals surface area (Å²) in [6, 6.07) is 21.6. The predicted octanol–water partition coefficient (Wildman–Crippen LogP) is 3.64. The van der Waals surface area contributed by atoms with Crippen molar-refractivity contribution < 1.29 is 9.84 Å². The van der Waals surface area contributed by atoms with Crippen LogP contribution in [-0.4, -0.2) is 16.1 Å². The molecule has 2 aromatic carbocycles. The van der Waals surface area contributed by atoms with Crippen LogP contribution in [-0.2, 0) is 11.2 Å². The number of pyridine rings is 1. The van der Waals surface area contributed by atoms with E-state index in [9.17, 15) is 10.4 Å². The number of hydrogen-bond donors (Lipinski definition) is 2. The first kappa shape index (κ1) is 18.6. The summed E-state index contributed by atoms with van der Waals surface area (Å²) in [4.78, 5) is 4.69. The summed E-state index contributed by atoms with van der Waals surface area (Å²) in [5, 5.41) is 22.0. The average Bonchev–Trinajstić information content (AvgIpc) is 3.31. The molecule has 0 bridgehead atoms. The van der Waals surface area contributed by atoms with Crippen molar-refractivity contribution >= 4 is 0 Å². The molecule has 6 rings (SSSR count). The highest BCUT2D eigenvalue weighted by molar-refractivity contribution is 5.56. The van der Waals surface area contributed by atoms with Gasteiger partial charge in [0.1, 0.15) is 11.4 Å². The molecule has 31 heavy (non-hydrogen) atoms. The molecule has 5 atom stereocenters. The maximum Gasteiger partial charge on any atom is 0.176 e. The molecule has 0 radical (unpaired) electrons. The van der Waals surface area contributed by atoms with Gasteiger partial charge in [0.25, 0.3) is 0 Å². The lowest BCUT2D eigenvalue weighted by Crippen LogP contribution is -2.52. The minimum atomic E-state index is -1.36. The summed E-state index contributed by atoms with van der Waals surface area (Å²) in [6.07, 6.45) is 3.22. The Labute approximate surface area is 181 Å². The van der Waals surface area contributed by atoms with Gasteiger partial charge < -0.3 is 15.6 Å². The van der Waals surface area contributed by atoms with Crippen molar-refractivity contribution in [2.45, 2.75) is 42.9 Å². The number of aromatic nitrogens is 1. The Morgan fingerprint density at radius 2 is 1.84 bits per heavy atom. The summed E-state index contributed by atoms with van der Waals surface area (Å²) in [7, 11) is 0. The predicted molar refractivity (Wildman–Crippen MR) is 115 cm³/mol. The van der Waals surface area contributed by atoms with Gasteiger partial charge in [0.15, 0.2) is 11.2 Å². The number of ether oxygens (including phenoxy) is 1. The molecule has 5 heteroatoms. The van der Waals surface area contributed by atoms with Gasteiger partial charge in [-0.1, -0.05) is 42.5 Å². The van der Waals surface area contributed by atoms with Crippen LogP contribution in [0.15, 0.2) is 66.9 Å². The fourth-order valence-corrected chi connectivity index (χ4v) is 6.18. The van der Waals surface area contributed by atoms with Crippen LogP contribution in [0.4, 0.5) is 0 Å². The standard InChI is InChI=1S/C26H23N3O2/c1-16-11-21-23(29-15-16)26(30)24(13-22(24)28)12-20(18-5-3-2-4-6-18)25(26,31-21)19-9-7-17(14-27)8-10-19/h2-11,15,20,22,30H,12-13,28H2,1H3/t20-,22?,24?,25?,26-/m0/s1. The van der Waals surface area contributed by atoms with E-state index in [1.54, 1.807) is 18.3 Å². The van der Waals surface area contributed by atoms with Crippen LogP contribution in [0, 0.1) is 23.7 Å². The smallest absolute Gasteiger partial charge is 0.176 e. The van der Waals surface area contributed by atoms with Crippen LogP contribution < -0.4 is 10.5 Å². The van der Waals surface area contributed by atoms with Crippen molar-refractivity contribution in [2.75, 3.05) is 0 Å². The summed E-state index contributed by atoms with van der Waals surface area (Å²) in [6.45, 7) is 1.97. The lowest BCUT2D eigenvalue weighted by atomic mass is 9.70. The first-order valence-corrected chi connectivity index (χ1v) is 10.7. The van der Waals surface area contributed by atoms with Gasteiger partial charge in [-0.05, 0) is 54.7 Å². The summed E-state index contributed by atoms with van der Waals surface area (Å²) >= 11 is 0. The highest BCUT2D eigenvalue weighted by atomic mass is 16.5. The highest BCUT2D eigenvalue weighted by Crippen LogP contribution is 2.79. The molecule has 0 amide bonds. The van der Waals surface area contributed by atoms with Crippen molar-refractivity contribution in [3.63, 3.8) is 0 Å². The Kier molecular flexibility index (Phi) is 3.56. The van der Waals surface area contributed by atoms with Gasteiger partial charge in [-0.3, -0.25) is 4.98 Å². The van der Waals surface area contributed by atoms with E-state index in [1.807, 2.05) is 43.3 Å². The molecule has 1 aliphatic heterocycles. The summed E-state index contributed by atoms with van der Waals surface area (Å²) in [5.74, 6) is 0.501. The number of aryl methyl sites for hydroxylation is 1. The van der Waals surface area contributed by atoms with E-state index in [4.69, 9.17) is 15.5 Å². The van der Waals surface area contributed by atoms with E-state index >= 15 is 0 Å². The fourth-order valence-electron chi connectivity index (χ4n) is 6.18. The molecule has 1 aromatic heterocycles. The number of nitrogens with two attached hydrogens (primary N) is 1. The zero-order valence-corrected chi connectivity index (χ0v) is 17.2. The minimum Gasteiger partial charge on any atom is -0.476 e. The van der Waals surface area contributed by atoms with E-state index in [0.717, 1.165) is 23.1 Å². The highest BCUT2D eigenvalue weighted by Gasteiger charge is 2.84. The van der Waals surface area contributed by atoms with Crippen LogP contribution in [0.3, 0.4) is 0 Å². The van der Waals surface area contributed by atoms with Gasteiger partial charge in [0.2, 0.25) is 0 Å². The fraction of sp³-hybridized carbons (Fsp3) is 0.308.